The van der Waals surface area contributed by atoms with E-state index in [-0.39, 0.29) is 30.9 Å². The van der Waals surface area contributed by atoms with E-state index in [9.17, 15) is 14.0 Å². The van der Waals surface area contributed by atoms with Crippen molar-refractivity contribution in [1.82, 2.24) is 4.90 Å². The highest BCUT2D eigenvalue weighted by molar-refractivity contribution is 5.89. The number of ether oxygens (including phenoxy) is 4. The minimum Gasteiger partial charge on any atom is -0.494 e. The number of para-hydroxylation sites is 1. The number of benzene rings is 3. The second-order valence-electron chi connectivity index (χ2n) is 11.0. The Balaban J connectivity index is 1.67. The van der Waals surface area contributed by atoms with Gasteiger partial charge in [0.05, 0.1) is 26.3 Å². The van der Waals surface area contributed by atoms with Gasteiger partial charge in [0.15, 0.2) is 11.6 Å². The number of esters is 1. The van der Waals surface area contributed by atoms with Crippen LogP contribution in [0, 0.1) is 12.7 Å². The number of hydrogen-bond acceptors (Lipinski definition) is 6. The highest BCUT2D eigenvalue weighted by Gasteiger charge is 2.34. The molecule has 0 aromatic heterocycles. The highest BCUT2D eigenvalue weighted by Crippen LogP contribution is 2.42. The van der Waals surface area contributed by atoms with Gasteiger partial charge < -0.3 is 23.8 Å². The maximum atomic E-state index is 14.1. The zero-order chi connectivity index (χ0) is 29.0. The van der Waals surface area contributed by atoms with Gasteiger partial charge in [-0.15, -0.1) is 0 Å². The van der Waals surface area contributed by atoms with Gasteiger partial charge in [0.2, 0.25) is 0 Å². The number of carbonyl (C=O) groups excluding carboxylic acids is 2. The molecule has 0 bridgehead atoms. The lowest BCUT2D eigenvalue weighted by Gasteiger charge is -2.36. The van der Waals surface area contributed by atoms with Crippen molar-refractivity contribution >= 4 is 12.1 Å². The zero-order valence-electron chi connectivity index (χ0n) is 23.8. The van der Waals surface area contributed by atoms with E-state index in [4.69, 9.17) is 18.9 Å². The number of fused-ring (bicyclic) bond motifs is 1. The van der Waals surface area contributed by atoms with Gasteiger partial charge in [-0.25, -0.2) is 14.0 Å². The number of aryl methyl sites for hydroxylation is 1. The first-order chi connectivity index (χ1) is 19.0. The first kappa shape index (κ1) is 28.9. The van der Waals surface area contributed by atoms with Crippen LogP contribution in [0.3, 0.4) is 0 Å². The molecule has 3 aromatic rings. The molecule has 2 atom stereocenters. The predicted molar refractivity (Wildman–Crippen MR) is 149 cm³/mol. The number of amides is 1. The summed E-state index contributed by atoms with van der Waals surface area (Å²) in [6.07, 6.45) is -0.316. The molecule has 1 aliphatic heterocycles. The molecule has 1 heterocycles. The molecule has 1 amide bonds. The normalized spacial score (nSPS) is 16.4. The van der Waals surface area contributed by atoms with Crippen molar-refractivity contribution in [3.8, 4) is 11.5 Å². The van der Waals surface area contributed by atoms with Gasteiger partial charge in [0, 0.05) is 18.0 Å². The minimum absolute atomic E-state index is 0.0778. The molecule has 2 unspecified atom stereocenters. The number of carbonyl (C=O) groups is 2. The first-order valence-corrected chi connectivity index (χ1v) is 13.2. The third-order valence-corrected chi connectivity index (χ3v) is 6.83. The molecule has 40 heavy (non-hydrogen) atoms. The van der Waals surface area contributed by atoms with E-state index < -0.39 is 23.5 Å². The third-order valence-electron chi connectivity index (χ3n) is 6.83. The van der Waals surface area contributed by atoms with E-state index in [1.165, 1.54) is 20.3 Å². The van der Waals surface area contributed by atoms with Crippen molar-refractivity contribution in [2.45, 2.75) is 58.3 Å². The molecule has 0 saturated carbocycles. The van der Waals surface area contributed by atoms with Crippen LogP contribution >= 0.6 is 0 Å². The van der Waals surface area contributed by atoms with Crippen molar-refractivity contribution in [2.75, 3.05) is 20.8 Å². The lowest BCUT2D eigenvalue weighted by atomic mass is 9.81. The molecule has 0 fully saturated rings. The summed E-state index contributed by atoms with van der Waals surface area (Å²) in [7, 11) is 2.77. The van der Waals surface area contributed by atoms with E-state index >= 15 is 0 Å². The van der Waals surface area contributed by atoms with Crippen LogP contribution in [0.15, 0.2) is 60.7 Å². The number of rotatable bonds is 7. The van der Waals surface area contributed by atoms with Crippen LogP contribution in [0.4, 0.5) is 9.18 Å². The molecule has 7 nitrogen and oxygen atoms in total. The summed E-state index contributed by atoms with van der Waals surface area (Å²) in [6.45, 7) is 7.85. The first-order valence-electron chi connectivity index (χ1n) is 13.2. The SMILES string of the molecule is COC(=O)c1ccc(C)c(C2CC(CN(Cc3ccc(F)c(OC)c3)C(=O)OC(C)(C)C)Oc3ccccc32)c1. The van der Waals surface area contributed by atoms with E-state index in [0.717, 1.165) is 22.4 Å². The Hall–Kier alpha value is -4.07. The summed E-state index contributed by atoms with van der Waals surface area (Å²) in [5, 5.41) is 0. The standard InChI is InChI=1S/C32H36FNO6/c1-20-11-13-22(30(35)38-6)16-25(20)26-17-23(39-28-10-8-7-9-24(26)28)19-34(31(36)40-32(2,3)4)18-21-12-14-27(33)29(15-21)37-5/h7-16,23,26H,17-19H2,1-6H3. The van der Waals surface area contributed by atoms with Crippen molar-refractivity contribution in [2.24, 2.45) is 0 Å². The molecule has 0 aliphatic carbocycles. The number of hydrogen-bond donors (Lipinski definition) is 0. The number of nitrogens with zero attached hydrogens (tertiary/aromatic N) is 1. The quantitative estimate of drug-likeness (QED) is 0.307. The van der Waals surface area contributed by atoms with Gasteiger partial charge in [-0.05, 0) is 81.1 Å². The molecule has 0 saturated heterocycles. The summed E-state index contributed by atoms with van der Waals surface area (Å²) in [4.78, 5) is 27.2. The molecule has 0 spiro atoms. The Morgan fingerprint density at radius 2 is 1.77 bits per heavy atom. The average Bonchev–Trinajstić information content (AvgIpc) is 2.92. The van der Waals surface area contributed by atoms with Crippen LogP contribution in [-0.4, -0.2) is 49.4 Å². The fourth-order valence-electron chi connectivity index (χ4n) is 4.96. The Bertz CT molecular complexity index is 1380. The highest BCUT2D eigenvalue weighted by atomic mass is 19.1. The molecule has 1 aliphatic rings. The van der Waals surface area contributed by atoms with Gasteiger partial charge in [0.1, 0.15) is 17.5 Å². The molecule has 3 aromatic carbocycles. The van der Waals surface area contributed by atoms with E-state index in [2.05, 4.69) is 0 Å². The van der Waals surface area contributed by atoms with Crippen molar-refractivity contribution in [1.29, 1.82) is 0 Å². The van der Waals surface area contributed by atoms with Gasteiger partial charge in [-0.2, -0.15) is 0 Å². The maximum absolute atomic E-state index is 14.1. The smallest absolute Gasteiger partial charge is 0.410 e. The van der Waals surface area contributed by atoms with Crippen LogP contribution < -0.4 is 9.47 Å². The molecule has 0 radical (unpaired) electrons. The molecular formula is C32H36FNO6. The summed E-state index contributed by atoms with van der Waals surface area (Å²) in [5.41, 5.74) is 3.51. The molecule has 0 N–H and O–H groups in total. The van der Waals surface area contributed by atoms with Gasteiger partial charge in [-0.3, -0.25) is 0 Å². The summed E-state index contributed by atoms with van der Waals surface area (Å²) in [6, 6.07) is 17.9. The Morgan fingerprint density at radius 1 is 1.02 bits per heavy atom. The number of halogens is 1. The largest absolute Gasteiger partial charge is 0.494 e. The van der Waals surface area contributed by atoms with E-state index in [0.29, 0.717) is 17.5 Å². The van der Waals surface area contributed by atoms with Gasteiger partial charge in [-0.1, -0.05) is 30.3 Å². The van der Waals surface area contributed by atoms with Crippen molar-refractivity contribution in [3.05, 3.63) is 94.3 Å². The second-order valence-corrected chi connectivity index (χ2v) is 11.0. The lowest BCUT2D eigenvalue weighted by molar-refractivity contribution is 0.0127. The van der Waals surface area contributed by atoms with E-state index in [1.54, 1.807) is 23.1 Å². The summed E-state index contributed by atoms with van der Waals surface area (Å²) < 4.78 is 36.3. The molecule has 212 valence electrons. The minimum atomic E-state index is -0.705. The fraction of sp³-hybridized carbons (Fsp3) is 0.375. The fourth-order valence-corrected chi connectivity index (χ4v) is 4.96. The van der Waals surface area contributed by atoms with Gasteiger partial charge in [0.25, 0.3) is 0 Å². The van der Waals surface area contributed by atoms with Crippen LogP contribution in [-0.2, 0) is 16.0 Å². The van der Waals surface area contributed by atoms with Crippen molar-refractivity contribution < 1.29 is 32.9 Å². The number of methoxy groups -OCH3 is 2. The van der Waals surface area contributed by atoms with Crippen molar-refractivity contribution in [3.63, 3.8) is 0 Å². The van der Waals surface area contributed by atoms with E-state index in [1.807, 2.05) is 64.1 Å². The van der Waals surface area contributed by atoms with Crippen LogP contribution in [0.5, 0.6) is 11.5 Å². The third kappa shape index (κ3) is 6.73. The molecular weight excluding hydrogens is 513 g/mol. The maximum Gasteiger partial charge on any atom is 0.410 e. The van der Waals surface area contributed by atoms with Gasteiger partial charge >= 0.3 is 12.1 Å². The zero-order valence-corrected chi connectivity index (χ0v) is 23.8. The summed E-state index contributed by atoms with van der Waals surface area (Å²) in [5.74, 6) is -0.130. The monoisotopic (exact) mass is 549 g/mol. The average molecular weight is 550 g/mol. The van der Waals surface area contributed by atoms with Crippen LogP contribution in [0.2, 0.25) is 0 Å². The summed E-state index contributed by atoms with van der Waals surface area (Å²) >= 11 is 0. The molecule has 8 heteroatoms. The topological polar surface area (TPSA) is 74.3 Å². The molecule has 4 rings (SSSR count). The van der Waals surface area contributed by atoms with Crippen LogP contribution in [0.25, 0.3) is 0 Å². The second kappa shape index (κ2) is 12.0. The predicted octanol–water partition coefficient (Wildman–Crippen LogP) is 6.65. The Morgan fingerprint density at radius 3 is 2.48 bits per heavy atom. The van der Waals surface area contributed by atoms with Crippen LogP contribution in [0.1, 0.15) is 65.7 Å². The Kier molecular flexibility index (Phi) is 8.67. The Labute approximate surface area is 234 Å². The lowest BCUT2D eigenvalue weighted by Crippen LogP contribution is -2.43.